The fraction of sp³-hybridized carbons (Fsp3) is 0.357. The second-order valence-electron chi connectivity index (χ2n) is 4.78. The highest BCUT2D eigenvalue weighted by Gasteiger charge is 2.15. The molecule has 0 aliphatic rings. The Kier molecular flexibility index (Phi) is 7.21. The van der Waals surface area contributed by atoms with Crippen molar-refractivity contribution in [1.82, 2.24) is 15.3 Å². The standard InChI is InChI=1S/C14H18N4O3S.ClH/c1-8(5-15-2)12(19)18-14-17-11(7-22-14)9-4-10(16-6-9)13(20)21-3;/h4,6-8,15-16H,5H2,1-3H3,(H,17,18,19);1H. The molecule has 0 radical (unpaired) electrons. The van der Waals surface area contributed by atoms with E-state index in [4.69, 9.17) is 0 Å². The van der Waals surface area contributed by atoms with Gasteiger partial charge in [0.05, 0.1) is 12.8 Å². The summed E-state index contributed by atoms with van der Waals surface area (Å²) in [5, 5.41) is 8.10. The number of amides is 1. The second-order valence-corrected chi connectivity index (χ2v) is 5.64. The Hall–Kier alpha value is -1.90. The molecule has 3 N–H and O–H groups in total. The number of aromatic amines is 1. The molecule has 0 saturated heterocycles. The topological polar surface area (TPSA) is 96.1 Å². The smallest absolute Gasteiger partial charge is 0.354 e. The molecule has 0 aliphatic carbocycles. The summed E-state index contributed by atoms with van der Waals surface area (Å²) in [5.74, 6) is -0.661. The fourth-order valence-corrected chi connectivity index (χ4v) is 2.58. The normalized spacial score (nSPS) is 11.4. The quantitative estimate of drug-likeness (QED) is 0.687. The van der Waals surface area contributed by atoms with E-state index in [0.29, 0.717) is 23.1 Å². The minimum atomic E-state index is -0.434. The predicted molar refractivity (Wildman–Crippen MR) is 92.2 cm³/mol. The SMILES string of the molecule is CNCC(C)C(=O)Nc1nc(-c2c[nH]c(C(=O)OC)c2)cs1.Cl. The van der Waals surface area contributed by atoms with Crippen molar-refractivity contribution in [3.8, 4) is 11.3 Å². The first-order valence-corrected chi connectivity index (χ1v) is 7.61. The minimum absolute atomic E-state index is 0. The number of nitrogens with zero attached hydrogens (tertiary/aromatic N) is 1. The van der Waals surface area contributed by atoms with Crippen LogP contribution in [0.4, 0.5) is 5.13 Å². The van der Waals surface area contributed by atoms with Crippen LogP contribution in [-0.4, -0.2) is 42.5 Å². The van der Waals surface area contributed by atoms with Crippen LogP contribution < -0.4 is 10.6 Å². The van der Waals surface area contributed by atoms with E-state index in [1.54, 1.807) is 19.3 Å². The van der Waals surface area contributed by atoms with Crippen molar-refractivity contribution < 1.29 is 14.3 Å². The maximum absolute atomic E-state index is 11.9. The molecule has 0 bridgehead atoms. The molecule has 2 rings (SSSR count). The summed E-state index contributed by atoms with van der Waals surface area (Å²) in [7, 11) is 3.13. The van der Waals surface area contributed by atoms with Crippen molar-refractivity contribution in [3.63, 3.8) is 0 Å². The lowest BCUT2D eigenvalue weighted by molar-refractivity contribution is -0.119. The van der Waals surface area contributed by atoms with Gasteiger partial charge in [0.1, 0.15) is 5.69 Å². The molecule has 1 atom stereocenters. The van der Waals surface area contributed by atoms with Crippen LogP contribution in [0, 0.1) is 5.92 Å². The van der Waals surface area contributed by atoms with Crippen LogP contribution in [0.25, 0.3) is 11.3 Å². The number of carbonyl (C=O) groups excluding carboxylic acids is 2. The van der Waals surface area contributed by atoms with Crippen molar-refractivity contribution in [2.45, 2.75) is 6.92 Å². The zero-order valence-corrected chi connectivity index (χ0v) is 14.6. The minimum Gasteiger partial charge on any atom is -0.464 e. The molecule has 1 unspecified atom stereocenters. The van der Waals surface area contributed by atoms with Crippen molar-refractivity contribution in [3.05, 3.63) is 23.3 Å². The first-order valence-electron chi connectivity index (χ1n) is 6.73. The van der Waals surface area contributed by atoms with E-state index in [1.807, 2.05) is 12.3 Å². The first kappa shape index (κ1) is 19.1. The highest BCUT2D eigenvalue weighted by Crippen LogP contribution is 2.25. The Bertz CT molecular complexity index is 671. The van der Waals surface area contributed by atoms with Gasteiger partial charge in [0, 0.05) is 29.6 Å². The molecular weight excluding hydrogens is 340 g/mol. The van der Waals surface area contributed by atoms with Crippen molar-refractivity contribution >= 4 is 40.8 Å². The van der Waals surface area contributed by atoms with Gasteiger partial charge in [-0.05, 0) is 13.1 Å². The number of halogens is 1. The maximum Gasteiger partial charge on any atom is 0.354 e. The van der Waals surface area contributed by atoms with Gasteiger partial charge in [0.2, 0.25) is 5.91 Å². The third-order valence-electron chi connectivity index (χ3n) is 3.08. The molecular formula is C14H19ClN4O3S. The molecule has 0 saturated carbocycles. The zero-order chi connectivity index (χ0) is 16.1. The van der Waals surface area contributed by atoms with Gasteiger partial charge in [-0.3, -0.25) is 4.79 Å². The third kappa shape index (κ3) is 4.78. The Balaban J connectivity index is 0.00000264. The number of aromatic nitrogens is 2. The van der Waals surface area contributed by atoms with Crippen LogP contribution in [0.15, 0.2) is 17.6 Å². The van der Waals surface area contributed by atoms with Crippen LogP contribution in [0.1, 0.15) is 17.4 Å². The van der Waals surface area contributed by atoms with Crippen LogP contribution in [0.3, 0.4) is 0 Å². The number of ether oxygens (including phenoxy) is 1. The molecule has 23 heavy (non-hydrogen) atoms. The number of nitrogens with one attached hydrogen (secondary N) is 3. The van der Waals surface area contributed by atoms with Gasteiger partial charge in [-0.25, -0.2) is 9.78 Å². The van der Waals surface area contributed by atoms with Gasteiger partial charge in [-0.15, -0.1) is 23.7 Å². The number of H-pyrrole nitrogens is 1. The molecule has 2 aromatic heterocycles. The Morgan fingerprint density at radius 2 is 2.22 bits per heavy atom. The van der Waals surface area contributed by atoms with Crippen molar-refractivity contribution in [1.29, 1.82) is 0 Å². The summed E-state index contributed by atoms with van der Waals surface area (Å²) in [6.07, 6.45) is 1.68. The zero-order valence-electron chi connectivity index (χ0n) is 13.0. The van der Waals surface area contributed by atoms with E-state index in [9.17, 15) is 9.59 Å². The second kappa shape index (κ2) is 8.66. The van der Waals surface area contributed by atoms with E-state index in [0.717, 1.165) is 5.56 Å². The molecule has 0 aromatic carbocycles. The predicted octanol–water partition coefficient (Wildman–Crippen LogP) is 2.14. The molecule has 0 aliphatic heterocycles. The van der Waals surface area contributed by atoms with Gasteiger partial charge < -0.3 is 20.4 Å². The summed E-state index contributed by atoms with van der Waals surface area (Å²) in [6.45, 7) is 2.44. The Labute approximate surface area is 144 Å². The molecule has 7 nitrogen and oxygen atoms in total. The highest BCUT2D eigenvalue weighted by molar-refractivity contribution is 7.14. The van der Waals surface area contributed by atoms with E-state index in [-0.39, 0.29) is 24.2 Å². The molecule has 9 heteroatoms. The number of carbonyl (C=O) groups is 2. The van der Waals surface area contributed by atoms with E-state index in [1.165, 1.54) is 18.4 Å². The Morgan fingerprint density at radius 1 is 1.48 bits per heavy atom. The summed E-state index contributed by atoms with van der Waals surface area (Å²) in [6, 6.07) is 1.66. The molecule has 0 spiro atoms. The third-order valence-corrected chi connectivity index (χ3v) is 3.83. The monoisotopic (exact) mass is 358 g/mol. The lowest BCUT2D eigenvalue weighted by Crippen LogP contribution is -2.28. The van der Waals surface area contributed by atoms with E-state index in [2.05, 4.69) is 25.3 Å². The number of anilines is 1. The highest BCUT2D eigenvalue weighted by atomic mass is 35.5. The molecule has 2 heterocycles. The molecule has 1 amide bonds. The Morgan fingerprint density at radius 3 is 2.87 bits per heavy atom. The lowest BCUT2D eigenvalue weighted by Gasteiger charge is -2.09. The van der Waals surface area contributed by atoms with Gasteiger partial charge in [0.25, 0.3) is 0 Å². The molecule has 0 fully saturated rings. The van der Waals surface area contributed by atoms with Gasteiger partial charge >= 0.3 is 5.97 Å². The van der Waals surface area contributed by atoms with Crippen molar-refractivity contribution in [2.75, 3.05) is 26.0 Å². The van der Waals surface area contributed by atoms with Gasteiger partial charge in [-0.1, -0.05) is 6.92 Å². The summed E-state index contributed by atoms with van der Waals surface area (Å²) in [4.78, 5) is 30.5. The number of methoxy groups -OCH3 is 1. The van der Waals surface area contributed by atoms with Crippen molar-refractivity contribution in [2.24, 2.45) is 5.92 Å². The van der Waals surface area contributed by atoms with Crippen LogP contribution >= 0.6 is 23.7 Å². The average Bonchev–Trinajstić information content (AvgIpc) is 3.15. The van der Waals surface area contributed by atoms with E-state index < -0.39 is 5.97 Å². The number of esters is 1. The molecule has 126 valence electrons. The lowest BCUT2D eigenvalue weighted by atomic mass is 10.2. The first-order chi connectivity index (χ1) is 10.5. The van der Waals surface area contributed by atoms with Gasteiger partial charge in [0.15, 0.2) is 5.13 Å². The number of thiazole rings is 1. The van der Waals surface area contributed by atoms with Crippen LogP contribution in [0.2, 0.25) is 0 Å². The van der Waals surface area contributed by atoms with E-state index >= 15 is 0 Å². The maximum atomic E-state index is 11.9. The average molecular weight is 359 g/mol. The molecule has 2 aromatic rings. The number of hydrogen-bond donors (Lipinski definition) is 3. The van der Waals surface area contributed by atoms with Crippen LogP contribution in [0.5, 0.6) is 0 Å². The number of hydrogen-bond acceptors (Lipinski definition) is 6. The van der Waals surface area contributed by atoms with Crippen LogP contribution in [-0.2, 0) is 9.53 Å². The summed E-state index contributed by atoms with van der Waals surface area (Å²) < 4.78 is 4.64. The number of rotatable bonds is 6. The summed E-state index contributed by atoms with van der Waals surface area (Å²) >= 11 is 1.34. The van der Waals surface area contributed by atoms with Gasteiger partial charge in [-0.2, -0.15) is 0 Å². The fourth-order valence-electron chi connectivity index (χ4n) is 1.86. The summed E-state index contributed by atoms with van der Waals surface area (Å²) in [5.41, 5.74) is 1.81. The largest absolute Gasteiger partial charge is 0.464 e.